The molecule has 86 valence electrons. The molecule has 3 nitrogen and oxygen atoms in total. The van der Waals surface area contributed by atoms with Crippen LogP contribution in [-0.2, 0) is 0 Å². The number of nitriles is 1. The van der Waals surface area contributed by atoms with Crippen LogP contribution in [0.3, 0.4) is 0 Å². The molecular formula is C13H19N3. The topological polar surface area (TPSA) is 48.7 Å². The van der Waals surface area contributed by atoms with E-state index in [2.05, 4.69) is 37.1 Å². The Morgan fingerprint density at radius 2 is 2.19 bits per heavy atom. The number of nitrogens with zero attached hydrogens (tertiary/aromatic N) is 2. The highest BCUT2D eigenvalue weighted by molar-refractivity contribution is 5.55. The van der Waals surface area contributed by atoms with E-state index in [0.29, 0.717) is 11.4 Å². The van der Waals surface area contributed by atoms with Crippen molar-refractivity contribution >= 4 is 5.82 Å². The van der Waals surface area contributed by atoms with E-state index in [1.54, 1.807) is 6.20 Å². The van der Waals surface area contributed by atoms with Gasteiger partial charge in [-0.2, -0.15) is 5.26 Å². The summed E-state index contributed by atoms with van der Waals surface area (Å²) < 4.78 is 0. The lowest BCUT2D eigenvalue weighted by Crippen LogP contribution is -2.23. The molecule has 0 aliphatic heterocycles. The van der Waals surface area contributed by atoms with Crippen LogP contribution in [0, 0.1) is 23.7 Å². The first kappa shape index (κ1) is 12.5. The van der Waals surface area contributed by atoms with E-state index in [-0.39, 0.29) is 5.41 Å². The minimum Gasteiger partial charge on any atom is -0.368 e. The zero-order valence-corrected chi connectivity index (χ0v) is 10.5. The SMILES string of the molecule is CCC(C)(C)CNc1nccc(C)c1C#N. The molecule has 0 radical (unpaired) electrons. The fraction of sp³-hybridized carbons (Fsp3) is 0.538. The molecule has 0 aromatic carbocycles. The maximum Gasteiger partial charge on any atom is 0.144 e. The molecular weight excluding hydrogens is 198 g/mol. The predicted octanol–water partition coefficient (Wildman–Crippen LogP) is 3.11. The maximum atomic E-state index is 9.06. The Kier molecular flexibility index (Phi) is 3.89. The predicted molar refractivity (Wildman–Crippen MR) is 66.3 cm³/mol. The van der Waals surface area contributed by atoms with Crippen LogP contribution in [0.15, 0.2) is 12.3 Å². The number of nitrogens with one attached hydrogen (secondary N) is 1. The minimum absolute atomic E-state index is 0.220. The summed E-state index contributed by atoms with van der Waals surface area (Å²) in [5, 5.41) is 12.3. The normalized spacial score (nSPS) is 10.9. The molecule has 0 bridgehead atoms. The molecule has 0 aliphatic rings. The van der Waals surface area contributed by atoms with Gasteiger partial charge in [-0.3, -0.25) is 0 Å². The van der Waals surface area contributed by atoms with Crippen LogP contribution >= 0.6 is 0 Å². The molecule has 16 heavy (non-hydrogen) atoms. The summed E-state index contributed by atoms with van der Waals surface area (Å²) in [5.74, 6) is 0.698. The first-order chi connectivity index (χ1) is 7.50. The average Bonchev–Trinajstić information content (AvgIpc) is 2.26. The summed E-state index contributed by atoms with van der Waals surface area (Å²) in [4.78, 5) is 4.21. The number of aromatic nitrogens is 1. The van der Waals surface area contributed by atoms with Gasteiger partial charge in [0.05, 0.1) is 5.56 Å². The third kappa shape index (κ3) is 2.96. The fourth-order valence-electron chi connectivity index (χ4n) is 1.28. The second kappa shape index (κ2) is 4.98. The van der Waals surface area contributed by atoms with Gasteiger partial charge in [0.1, 0.15) is 11.9 Å². The molecule has 0 fully saturated rings. The van der Waals surface area contributed by atoms with Crippen LogP contribution in [0.25, 0.3) is 0 Å². The summed E-state index contributed by atoms with van der Waals surface area (Å²) in [5.41, 5.74) is 1.83. The highest BCUT2D eigenvalue weighted by atomic mass is 15.0. The molecule has 0 unspecified atom stereocenters. The molecule has 0 saturated carbocycles. The molecule has 0 amide bonds. The maximum absolute atomic E-state index is 9.06. The van der Waals surface area contributed by atoms with E-state index in [9.17, 15) is 0 Å². The Hall–Kier alpha value is -1.56. The summed E-state index contributed by atoms with van der Waals surface area (Å²) in [7, 11) is 0. The van der Waals surface area contributed by atoms with E-state index in [1.165, 1.54) is 0 Å². The molecule has 1 N–H and O–H groups in total. The van der Waals surface area contributed by atoms with Crippen molar-refractivity contribution in [3.8, 4) is 6.07 Å². The highest BCUT2D eigenvalue weighted by Gasteiger charge is 2.16. The molecule has 1 rings (SSSR count). The Bertz CT molecular complexity index is 402. The van der Waals surface area contributed by atoms with Crippen molar-refractivity contribution in [2.75, 3.05) is 11.9 Å². The number of aryl methyl sites for hydroxylation is 1. The smallest absolute Gasteiger partial charge is 0.144 e. The number of pyridine rings is 1. The van der Waals surface area contributed by atoms with Gasteiger partial charge in [0.2, 0.25) is 0 Å². The molecule has 0 spiro atoms. The third-order valence-electron chi connectivity index (χ3n) is 2.96. The van der Waals surface area contributed by atoms with Crippen LogP contribution in [0.2, 0.25) is 0 Å². The molecule has 0 aliphatic carbocycles. The van der Waals surface area contributed by atoms with Gasteiger partial charge in [-0.1, -0.05) is 20.8 Å². The standard InChI is InChI=1S/C13H19N3/c1-5-13(3,4)9-16-12-11(8-14)10(2)6-7-15-12/h6-7H,5,9H2,1-4H3,(H,15,16). The molecule has 0 atom stereocenters. The van der Waals surface area contributed by atoms with Crippen molar-refractivity contribution in [2.24, 2.45) is 5.41 Å². The zero-order valence-electron chi connectivity index (χ0n) is 10.5. The second-order valence-corrected chi connectivity index (χ2v) is 4.83. The largest absolute Gasteiger partial charge is 0.368 e. The lowest BCUT2D eigenvalue weighted by molar-refractivity contribution is 0.376. The molecule has 3 heteroatoms. The van der Waals surface area contributed by atoms with Gasteiger partial charge in [-0.05, 0) is 30.4 Å². The fourth-order valence-corrected chi connectivity index (χ4v) is 1.28. The van der Waals surface area contributed by atoms with Crippen LogP contribution in [0.1, 0.15) is 38.3 Å². The van der Waals surface area contributed by atoms with Crippen molar-refractivity contribution in [1.82, 2.24) is 4.98 Å². The van der Waals surface area contributed by atoms with E-state index in [0.717, 1.165) is 18.5 Å². The third-order valence-corrected chi connectivity index (χ3v) is 2.96. The number of anilines is 1. The van der Waals surface area contributed by atoms with Crippen LogP contribution in [0.4, 0.5) is 5.82 Å². The summed E-state index contributed by atoms with van der Waals surface area (Å²) in [6.45, 7) is 9.31. The monoisotopic (exact) mass is 217 g/mol. The molecule has 1 aromatic heterocycles. The van der Waals surface area contributed by atoms with Gasteiger partial charge in [-0.25, -0.2) is 4.98 Å². The molecule has 0 saturated heterocycles. The lowest BCUT2D eigenvalue weighted by Gasteiger charge is -2.23. The van der Waals surface area contributed by atoms with Crippen molar-refractivity contribution in [3.05, 3.63) is 23.4 Å². The quantitative estimate of drug-likeness (QED) is 0.843. The Morgan fingerprint density at radius 1 is 1.50 bits per heavy atom. The van der Waals surface area contributed by atoms with E-state index < -0.39 is 0 Å². The number of hydrogen-bond donors (Lipinski definition) is 1. The zero-order chi connectivity index (χ0) is 12.2. The van der Waals surface area contributed by atoms with E-state index >= 15 is 0 Å². The summed E-state index contributed by atoms with van der Waals surface area (Å²) in [6.07, 6.45) is 2.82. The van der Waals surface area contributed by atoms with Crippen molar-refractivity contribution in [1.29, 1.82) is 5.26 Å². The van der Waals surface area contributed by atoms with Crippen LogP contribution in [-0.4, -0.2) is 11.5 Å². The Labute approximate surface area is 97.5 Å². The van der Waals surface area contributed by atoms with Crippen LogP contribution in [0.5, 0.6) is 0 Å². The number of hydrogen-bond acceptors (Lipinski definition) is 3. The minimum atomic E-state index is 0.220. The van der Waals surface area contributed by atoms with E-state index in [4.69, 9.17) is 5.26 Å². The summed E-state index contributed by atoms with van der Waals surface area (Å²) >= 11 is 0. The van der Waals surface area contributed by atoms with Crippen molar-refractivity contribution in [2.45, 2.75) is 34.1 Å². The average molecular weight is 217 g/mol. The van der Waals surface area contributed by atoms with Gasteiger partial charge >= 0.3 is 0 Å². The van der Waals surface area contributed by atoms with Crippen molar-refractivity contribution < 1.29 is 0 Å². The highest BCUT2D eigenvalue weighted by Crippen LogP contribution is 2.22. The first-order valence-electron chi connectivity index (χ1n) is 5.60. The van der Waals surface area contributed by atoms with Crippen molar-refractivity contribution in [3.63, 3.8) is 0 Å². The van der Waals surface area contributed by atoms with Gasteiger partial charge < -0.3 is 5.32 Å². The van der Waals surface area contributed by atoms with Gasteiger partial charge in [0, 0.05) is 12.7 Å². The van der Waals surface area contributed by atoms with Gasteiger partial charge in [0.25, 0.3) is 0 Å². The van der Waals surface area contributed by atoms with Gasteiger partial charge in [0.15, 0.2) is 0 Å². The van der Waals surface area contributed by atoms with Gasteiger partial charge in [-0.15, -0.1) is 0 Å². The Morgan fingerprint density at radius 3 is 2.75 bits per heavy atom. The summed E-state index contributed by atoms with van der Waals surface area (Å²) in [6, 6.07) is 4.05. The number of rotatable bonds is 4. The second-order valence-electron chi connectivity index (χ2n) is 4.83. The molecule has 1 aromatic rings. The lowest BCUT2D eigenvalue weighted by atomic mass is 9.90. The van der Waals surface area contributed by atoms with Crippen LogP contribution < -0.4 is 5.32 Å². The van der Waals surface area contributed by atoms with E-state index in [1.807, 2.05) is 13.0 Å². The molecule has 1 heterocycles. The Balaban J connectivity index is 2.83. The first-order valence-corrected chi connectivity index (χ1v) is 5.60.